The quantitative estimate of drug-likeness (QED) is 0.144. The number of nitrogens with two attached hydrogens (primary N) is 1. The Morgan fingerprint density at radius 3 is 1.45 bits per heavy atom. The maximum Gasteiger partial charge on any atom is 0.327 e. The number of nitrogens with zero attached hydrogens (tertiary/aromatic N) is 5. The lowest BCUT2D eigenvalue weighted by molar-refractivity contribution is -0.146. The van der Waals surface area contributed by atoms with E-state index in [9.17, 15) is 4.79 Å². The molecule has 2 heterocycles. The Morgan fingerprint density at radius 2 is 1.02 bits per heavy atom. The first-order valence-electron chi connectivity index (χ1n) is 24.8. The minimum absolute atomic E-state index is 0.0524. The lowest BCUT2D eigenvalue weighted by Crippen LogP contribution is -2.70. The summed E-state index contributed by atoms with van der Waals surface area (Å²) in [5, 5.41) is 0. The van der Waals surface area contributed by atoms with Crippen LogP contribution in [0.5, 0.6) is 0 Å². The van der Waals surface area contributed by atoms with Gasteiger partial charge in [0.25, 0.3) is 5.91 Å². The molecule has 2 saturated carbocycles. The Balaban J connectivity index is 1.48. The standard InChI is InChI=1S/C56H74N6O3/c1-39(2)45-27-21-28-46(40(3)4)50(45)61(51-47(41(5)6)29-22-30-48(51)42(7)8)52(64)56(35-49(57)63,58-36-54(31-17-11-18-32-54)60(38-58)43-23-13-9-14-24-43)59-37-55(33-19-12-20-34-55)62(53(59)65)44-25-15-10-16-26-44/h9-10,13-16,21-30,39-42H,11-12,17-20,31-38H2,1-8H3,(H2,57,63). The number of carbonyl (C=O) groups excluding carboxylic acids is 3. The van der Waals surface area contributed by atoms with Crippen LogP contribution in [0.15, 0.2) is 97.1 Å². The molecule has 9 nitrogen and oxygen atoms in total. The third-order valence-corrected chi connectivity index (χ3v) is 15.4. The molecule has 4 aromatic carbocycles. The summed E-state index contributed by atoms with van der Waals surface area (Å²) in [7, 11) is 0. The summed E-state index contributed by atoms with van der Waals surface area (Å²) in [6, 6.07) is 33.2. The number of rotatable bonds is 13. The van der Waals surface area contributed by atoms with Crippen molar-refractivity contribution < 1.29 is 14.4 Å². The van der Waals surface area contributed by atoms with Crippen LogP contribution in [0.4, 0.5) is 27.5 Å². The van der Waals surface area contributed by atoms with Gasteiger partial charge in [-0.25, -0.2) is 4.79 Å². The maximum atomic E-state index is 17.8. The monoisotopic (exact) mass is 879 g/mol. The van der Waals surface area contributed by atoms with E-state index in [2.05, 4.69) is 126 Å². The van der Waals surface area contributed by atoms with Crippen LogP contribution >= 0.6 is 0 Å². The number of para-hydroxylation sites is 4. The molecule has 2 aliphatic carbocycles. The van der Waals surface area contributed by atoms with Gasteiger partial charge in [0.2, 0.25) is 5.91 Å². The lowest BCUT2D eigenvalue weighted by atomic mass is 9.79. The first kappa shape index (κ1) is 46.4. The van der Waals surface area contributed by atoms with E-state index in [1.165, 1.54) is 0 Å². The number of primary amides is 1. The molecule has 2 aliphatic heterocycles. The van der Waals surface area contributed by atoms with Crippen molar-refractivity contribution in [2.45, 2.75) is 166 Å². The molecule has 2 saturated heterocycles. The molecule has 4 aliphatic rings. The van der Waals surface area contributed by atoms with Crippen molar-refractivity contribution in [2.24, 2.45) is 5.73 Å². The number of benzene rings is 4. The highest BCUT2D eigenvalue weighted by atomic mass is 16.2. The Hall–Kier alpha value is -5.15. The predicted octanol–water partition coefficient (Wildman–Crippen LogP) is 12.5. The minimum atomic E-state index is -1.82. The average Bonchev–Trinajstić information content (AvgIpc) is 3.80. The first-order chi connectivity index (χ1) is 31.2. The average molecular weight is 879 g/mol. The molecule has 2 spiro atoms. The summed E-state index contributed by atoms with van der Waals surface area (Å²) in [6.45, 7) is 18.7. The zero-order valence-corrected chi connectivity index (χ0v) is 40.5. The molecule has 4 amide bonds. The summed E-state index contributed by atoms with van der Waals surface area (Å²) in [5.41, 5.74) is 11.7. The predicted molar refractivity (Wildman–Crippen MR) is 266 cm³/mol. The van der Waals surface area contributed by atoms with E-state index in [-0.39, 0.29) is 47.6 Å². The number of urea groups is 1. The molecule has 1 atom stereocenters. The molecule has 0 bridgehead atoms. The van der Waals surface area contributed by atoms with Crippen molar-refractivity contribution in [3.05, 3.63) is 119 Å². The van der Waals surface area contributed by atoms with Crippen molar-refractivity contribution in [2.75, 3.05) is 34.5 Å². The van der Waals surface area contributed by atoms with E-state index < -0.39 is 17.1 Å². The van der Waals surface area contributed by atoms with Gasteiger partial charge in [-0.15, -0.1) is 0 Å². The van der Waals surface area contributed by atoms with Crippen LogP contribution in [0.25, 0.3) is 0 Å². The van der Waals surface area contributed by atoms with Gasteiger partial charge in [0.05, 0.1) is 35.5 Å². The van der Waals surface area contributed by atoms with Gasteiger partial charge in [0, 0.05) is 24.5 Å². The van der Waals surface area contributed by atoms with Crippen LogP contribution < -0.4 is 20.4 Å². The number of carbonyl (C=O) groups is 3. The Kier molecular flexibility index (Phi) is 13.3. The largest absolute Gasteiger partial charge is 0.370 e. The molecule has 4 aromatic rings. The van der Waals surface area contributed by atoms with Crippen LogP contribution in [-0.2, 0) is 9.59 Å². The van der Waals surface area contributed by atoms with Crippen molar-refractivity contribution >= 4 is 40.6 Å². The van der Waals surface area contributed by atoms with Gasteiger partial charge in [-0.1, -0.05) is 167 Å². The Labute approximate surface area is 389 Å². The fourth-order valence-electron chi connectivity index (χ4n) is 12.2. The van der Waals surface area contributed by atoms with E-state index in [0.29, 0.717) is 19.8 Å². The van der Waals surface area contributed by atoms with Gasteiger partial charge in [0.15, 0.2) is 5.66 Å². The van der Waals surface area contributed by atoms with Crippen molar-refractivity contribution in [1.29, 1.82) is 0 Å². The van der Waals surface area contributed by atoms with Crippen molar-refractivity contribution in [3.63, 3.8) is 0 Å². The van der Waals surface area contributed by atoms with Crippen molar-refractivity contribution in [1.82, 2.24) is 9.80 Å². The number of hydrogen-bond donors (Lipinski definition) is 1. The highest BCUT2D eigenvalue weighted by Gasteiger charge is 2.65. The van der Waals surface area contributed by atoms with Crippen LogP contribution in [0.3, 0.4) is 0 Å². The highest BCUT2D eigenvalue weighted by molar-refractivity contribution is 6.12. The Morgan fingerprint density at radius 1 is 0.585 bits per heavy atom. The van der Waals surface area contributed by atoms with E-state index in [4.69, 9.17) is 5.73 Å². The summed E-state index contributed by atoms with van der Waals surface area (Å²) in [6.07, 6.45) is 9.44. The van der Waals surface area contributed by atoms with Gasteiger partial charge < -0.3 is 10.6 Å². The van der Waals surface area contributed by atoms with Gasteiger partial charge in [-0.05, 0) is 95.9 Å². The molecular weight excluding hydrogens is 805 g/mol. The summed E-state index contributed by atoms with van der Waals surface area (Å²) >= 11 is 0. The Bertz CT molecular complexity index is 2210. The topological polar surface area (TPSA) is 93.4 Å². The fourth-order valence-corrected chi connectivity index (χ4v) is 12.2. The lowest BCUT2D eigenvalue weighted by Gasteiger charge is -2.49. The number of anilines is 4. The van der Waals surface area contributed by atoms with Gasteiger partial charge >= 0.3 is 6.03 Å². The molecule has 1 unspecified atom stereocenters. The molecular formula is C56H74N6O3. The van der Waals surface area contributed by atoms with Crippen molar-refractivity contribution in [3.8, 4) is 0 Å². The van der Waals surface area contributed by atoms with E-state index in [1.807, 2.05) is 51.1 Å². The summed E-state index contributed by atoms with van der Waals surface area (Å²) in [4.78, 5) is 59.1. The van der Waals surface area contributed by atoms with Gasteiger partial charge in [0.1, 0.15) is 0 Å². The van der Waals surface area contributed by atoms with E-state index >= 15 is 9.59 Å². The summed E-state index contributed by atoms with van der Waals surface area (Å²) < 4.78 is 0. The van der Waals surface area contributed by atoms with Crippen LogP contribution in [0, 0.1) is 0 Å². The zero-order valence-electron chi connectivity index (χ0n) is 40.5. The smallest absolute Gasteiger partial charge is 0.327 e. The molecule has 4 fully saturated rings. The van der Waals surface area contributed by atoms with Crippen LogP contribution in [0.1, 0.15) is 172 Å². The van der Waals surface area contributed by atoms with E-state index in [0.717, 1.165) is 109 Å². The molecule has 2 N–H and O–H groups in total. The number of amides is 4. The molecule has 9 heteroatoms. The molecule has 346 valence electrons. The maximum absolute atomic E-state index is 17.8. The van der Waals surface area contributed by atoms with Gasteiger partial charge in [-0.3, -0.25) is 29.2 Å². The van der Waals surface area contributed by atoms with Gasteiger partial charge in [-0.2, -0.15) is 0 Å². The highest BCUT2D eigenvalue weighted by Crippen LogP contribution is 2.53. The molecule has 0 aromatic heterocycles. The van der Waals surface area contributed by atoms with E-state index in [1.54, 1.807) is 0 Å². The molecule has 8 rings (SSSR count). The second-order valence-corrected chi connectivity index (χ2v) is 21.0. The SMILES string of the molecule is CC(C)c1cccc(C(C)C)c1N(C(=O)C(CC(N)=O)(N1CN(c2ccccc2)C2(CCCCC2)C1)N1CC2(CCCCC2)N(c2ccccc2)C1=O)c1c(C(C)C)cccc1C(C)C. The molecule has 65 heavy (non-hydrogen) atoms. The second kappa shape index (κ2) is 18.6. The molecule has 0 radical (unpaired) electrons. The van der Waals surface area contributed by atoms with Crippen LogP contribution in [-0.4, -0.2) is 64.1 Å². The normalized spacial score (nSPS) is 19.6. The third kappa shape index (κ3) is 8.25. The minimum Gasteiger partial charge on any atom is -0.370 e. The second-order valence-electron chi connectivity index (χ2n) is 21.0. The first-order valence-corrected chi connectivity index (χ1v) is 24.8. The third-order valence-electron chi connectivity index (χ3n) is 15.4. The zero-order chi connectivity index (χ0) is 46.3. The van der Waals surface area contributed by atoms with Crippen LogP contribution in [0.2, 0.25) is 0 Å². The fraction of sp³-hybridized carbons (Fsp3) is 0.518. The summed E-state index contributed by atoms with van der Waals surface area (Å²) in [5.74, 6) is -0.696. The number of hydrogen-bond acceptors (Lipinski definition) is 5.